The Labute approximate surface area is 178 Å². The zero-order valence-corrected chi connectivity index (χ0v) is 16.8. The fourth-order valence-corrected chi connectivity index (χ4v) is 2.60. The summed E-state index contributed by atoms with van der Waals surface area (Å²) in [5.41, 5.74) is 6.06. The Kier molecular flexibility index (Phi) is 8.09. The minimum atomic E-state index is -1.17. The van der Waals surface area contributed by atoms with Crippen LogP contribution in [0.25, 0.3) is 6.08 Å². The molecule has 5 N–H and O–H groups in total. The lowest BCUT2D eigenvalue weighted by atomic mass is 10.2. The summed E-state index contributed by atoms with van der Waals surface area (Å²) in [5, 5.41) is 25.2. The molecule has 10 heteroatoms. The number of hydrogen-bond donors (Lipinski definition) is 4. The number of amidine groups is 1. The van der Waals surface area contributed by atoms with Crippen molar-refractivity contribution in [2.24, 2.45) is 5.73 Å². The monoisotopic (exact) mass is 429 g/mol. The molecule has 1 aromatic carbocycles. The predicted molar refractivity (Wildman–Crippen MR) is 111 cm³/mol. The molecular formula is C21H23N3O7. The molecule has 0 saturated heterocycles. The molecule has 2 rings (SSSR count). The molecule has 0 unspecified atom stereocenters. The summed E-state index contributed by atoms with van der Waals surface area (Å²) in [4.78, 5) is 36.8. The van der Waals surface area contributed by atoms with Crippen LogP contribution in [0.5, 0.6) is 5.75 Å². The first-order valence-electron chi connectivity index (χ1n) is 9.28. The van der Waals surface area contributed by atoms with Gasteiger partial charge in [0.15, 0.2) is 0 Å². The van der Waals surface area contributed by atoms with Crippen molar-refractivity contribution in [2.75, 3.05) is 19.7 Å². The second-order valence-corrected chi connectivity index (χ2v) is 6.55. The number of esters is 1. The summed E-state index contributed by atoms with van der Waals surface area (Å²) < 4.78 is 10.6. The van der Waals surface area contributed by atoms with Crippen LogP contribution in [0.15, 0.2) is 46.4 Å². The van der Waals surface area contributed by atoms with Crippen LogP contribution in [0.4, 0.5) is 0 Å². The van der Waals surface area contributed by atoms with Gasteiger partial charge in [-0.2, -0.15) is 0 Å². The first kappa shape index (κ1) is 23.4. The minimum absolute atomic E-state index is 0.0883. The summed E-state index contributed by atoms with van der Waals surface area (Å²) in [6.07, 6.45) is 1.63. The topological polar surface area (TPSA) is 167 Å². The zero-order valence-electron chi connectivity index (χ0n) is 16.8. The number of nitrogens with two attached hydrogens (primary N) is 1. The van der Waals surface area contributed by atoms with E-state index in [4.69, 9.17) is 30.5 Å². The number of carboxylic acids is 1. The van der Waals surface area contributed by atoms with Gasteiger partial charge in [-0.25, -0.2) is 4.79 Å². The molecule has 0 aliphatic rings. The number of nitrogens with one attached hydrogen (secondary N) is 1. The highest BCUT2D eigenvalue weighted by molar-refractivity contribution is 5.98. The molecule has 0 atom stereocenters. The van der Waals surface area contributed by atoms with E-state index in [0.29, 0.717) is 5.56 Å². The molecule has 0 bridgehead atoms. The normalized spacial score (nSPS) is 11.1. The molecule has 164 valence electrons. The van der Waals surface area contributed by atoms with Crippen molar-refractivity contribution in [2.45, 2.75) is 13.3 Å². The molecule has 0 aliphatic carbocycles. The SMILES string of the molecule is C/C(=C\c1ccc(C(=O)Oc2ccc(C(=N)N)cc2)o1)C(=O)N(CCCO)CC(=O)O. The summed E-state index contributed by atoms with van der Waals surface area (Å²) in [6, 6.07) is 8.92. The summed E-state index contributed by atoms with van der Waals surface area (Å²) in [5.74, 6) is -2.20. The average molecular weight is 429 g/mol. The number of carbonyl (C=O) groups is 3. The van der Waals surface area contributed by atoms with E-state index in [1.54, 1.807) is 0 Å². The number of furan rings is 1. The first-order valence-corrected chi connectivity index (χ1v) is 9.28. The lowest BCUT2D eigenvalue weighted by Crippen LogP contribution is -2.37. The zero-order chi connectivity index (χ0) is 23.0. The van der Waals surface area contributed by atoms with Gasteiger partial charge in [0.25, 0.3) is 0 Å². The number of ether oxygens (including phenoxy) is 1. The van der Waals surface area contributed by atoms with Gasteiger partial charge in [-0.15, -0.1) is 0 Å². The number of aliphatic hydroxyl groups is 1. The second kappa shape index (κ2) is 10.7. The fourth-order valence-electron chi connectivity index (χ4n) is 2.60. The van der Waals surface area contributed by atoms with Crippen molar-refractivity contribution in [3.63, 3.8) is 0 Å². The number of hydrogen-bond acceptors (Lipinski definition) is 7. The Morgan fingerprint density at radius 3 is 2.45 bits per heavy atom. The van der Waals surface area contributed by atoms with Gasteiger partial charge in [0.05, 0.1) is 0 Å². The van der Waals surface area contributed by atoms with Crippen LogP contribution in [0.2, 0.25) is 0 Å². The van der Waals surface area contributed by atoms with E-state index in [0.717, 1.165) is 4.90 Å². The van der Waals surface area contributed by atoms with Crippen molar-refractivity contribution in [1.29, 1.82) is 5.41 Å². The van der Waals surface area contributed by atoms with Gasteiger partial charge in [0.1, 0.15) is 23.9 Å². The van der Waals surface area contributed by atoms with E-state index in [1.807, 2.05) is 0 Å². The molecule has 31 heavy (non-hydrogen) atoms. The molecule has 0 aliphatic heterocycles. The van der Waals surface area contributed by atoms with E-state index >= 15 is 0 Å². The minimum Gasteiger partial charge on any atom is -0.480 e. The van der Waals surface area contributed by atoms with Crippen molar-refractivity contribution in [3.8, 4) is 5.75 Å². The lowest BCUT2D eigenvalue weighted by Gasteiger charge is -2.20. The summed E-state index contributed by atoms with van der Waals surface area (Å²) in [7, 11) is 0. The maximum atomic E-state index is 12.5. The predicted octanol–water partition coefficient (Wildman–Crippen LogP) is 1.48. The van der Waals surface area contributed by atoms with Crippen molar-refractivity contribution < 1.29 is 33.8 Å². The van der Waals surface area contributed by atoms with Crippen LogP contribution in [-0.2, 0) is 9.59 Å². The van der Waals surface area contributed by atoms with Gasteiger partial charge in [-0.05, 0) is 55.8 Å². The average Bonchev–Trinajstić information content (AvgIpc) is 3.19. The highest BCUT2D eigenvalue weighted by Crippen LogP contribution is 2.17. The van der Waals surface area contributed by atoms with Gasteiger partial charge >= 0.3 is 11.9 Å². The van der Waals surface area contributed by atoms with Crippen LogP contribution >= 0.6 is 0 Å². The van der Waals surface area contributed by atoms with E-state index in [2.05, 4.69) is 0 Å². The molecule has 0 saturated carbocycles. The third kappa shape index (κ3) is 6.82. The Morgan fingerprint density at radius 2 is 1.87 bits per heavy atom. The quantitative estimate of drug-likeness (QED) is 0.145. The molecule has 1 amide bonds. The number of aliphatic hydroxyl groups excluding tert-OH is 1. The molecule has 2 aromatic rings. The Hall–Kier alpha value is -3.92. The molecule has 0 fully saturated rings. The third-order valence-electron chi connectivity index (χ3n) is 4.10. The first-order chi connectivity index (χ1) is 14.7. The van der Waals surface area contributed by atoms with E-state index in [-0.39, 0.29) is 48.3 Å². The Bertz CT molecular complexity index is 993. The summed E-state index contributed by atoms with van der Waals surface area (Å²) in [6.45, 7) is 0.910. The van der Waals surface area contributed by atoms with Crippen LogP contribution in [0.1, 0.15) is 35.2 Å². The molecule has 10 nitrogen and oxygen atoms in total. The third-order valence-corrected chi connectivity index (χ3v) is 4.10. The Morgan fingerprint density at radius 1 is 1.19 bits per heavy atom. The summed E-state index contributed by atoms with van der Waals surface area (Å²) >= 11 is 0. The Balaban J connectivity index is 2.08. The second-order valence-electron chi connectivity index (χ2n) is 6.55. The van der Waals surface area contributed by atoms with E-state index < -0.39 is 24.4 Å². The van der Waals surface area contributed by atoms with Crippen LogP contribution in [-0.4, -0.2) is 58.5 Å². The molecule has 0 spiro atoms. The maximum absolute atomic E-state index is 12.5. The molecule has 1 heterocycles. The van der Waals surface area contributed by atoms with Crippen molar-refractivity contribution in [3.05, 3.63) is 59.1 Å². The smallest absolute Gasteiger partial charge is 0.379 e. The fraction of sp³-hybridized carbons (Fsp3) is 0.238. The highest BCUT2D eigenvalue weighted by Gasteiger charge is 2.19. The number of benzene rings is 1. The maximum Gasteiger partial charge on any atom is 0.379 e. The van der Waals surface area contributed by atoms with Crippen LogP contribution in [0, 0.1) is 5.41 Å². The number of nitrogens with zero attached hydrogens (tertiary/aromatic N) is 1. The number of carbonyl (C=O) groups excluding carboxylic acids is 2. The number of aliphatic carboxylic acids is 1. The van der Waals surface area contributed by atoms with E-state index in [1.165, 1.54) is 49.4 Å². The van der Waals surface area contributed by atoms with Crippen molar-refractivity contribution in [1.82, 2.24) is 4.90 Å². The number of rotatable bonds is 10. The molecule has 0 radical (unpaired) electrons. The van der Waals surface area contributed by atoms with Gasteiger partial charge in [0.2, 0.25) is 11.7 Å². The lowest BCUT2D eigenvalue weighted by molar-refractivity contribution is -0.143. The standard InChI is InChI=1S/C21H23N3O7/c1-13(20(28)24(9-2-10-25)12-18(26)27)11-16-7-8-17(30-16)21(29)31-15-5-3-14(4-6-15)19(22)23/h3-8,11,25H,2,9-10,12H2,1H3,(H3,22,23)(H,26,27)/b13-11+. The van der Waals surface area contributed by atoms with Gasteiger partial charge < -0.3 is 30.0 Å². The van der Waals surface area contributed by atoms with E-state index in [9.17, 15) is 14.4 Å². The number of carboxylic acid groups (broad SMARTS) is 1. The van der Waals surface area contributed by atoms with Crippen LogP contribution in [0.3, 0.4) is 0 Å². The number of nitrogen functional groups attached to an aromatic ring is 1. The number of amides is 1. The molecule has 1 aromatic heterocycles. The van der Waals surface area contributed by atoms with Gasteiger partial charge in [0, 0.05) is 24.3 Å². The largest absolute Gasteiger partial charge is 0.480 e. The van der Waals surface area contributed by atoms with Crippen LogP contribution < -0.4 is 10.5 Å². The van der Waals surface area contributed by atoms with Crippen molar-refractivity contribution >= 4 is 29.8 Å². The van der Waals surface area contributed by atoms with Gasteiger partial charge in [-0.3, -0.25) is 15.0 Å². The molecular weight excluding hydrogens is 406 g/mol. The highest BCUT2D eigenvalue weighted by atomic mass is 16.5. The van der Waals surface area contributed by atoms with Gasteiger partial charge in [-0.1, -0.05) is 0 Å².